The van der Waals surface area contributed by atoms with Crippen LogP contribution in [0, 0.1) is 0 Å². The van der Waals surface area contributed by atoms with Gasteiger partial charge in [0.1, 0.15) is 0 Å². The molecular formula is C12H38O4Si3Zr. The van der Waals surface area contributed by atoms with Crippen LogP contribution < -0.4 is 0 Å². The molecule has 0 unspecified atom stereocenters. The van der Waals surface area contributed by atoms with Crippen molar-refractivity contribution in [3.8, 4) is 0 Å². The van der Waals surface area contributed by atoms with Crippen LogP contribution in [0.25, 0.3) is 0 Å². The van der Waals surface area contributed by atoms with Crippen molar-refractivity contribution in [3.63, 3.8) is 0 Å². The maximum Gasteiger partial charge on any atom is 0.179 e. The van der Waals surface area contributed by atoms with Crippen LogP contribution in [0.1, 0.15) is 13.8 Å². The SMILES string of the molecule is CC(C)O.C[Si](C)(C)O.C[Si](C)(C)O.C[Si](C)(C)O.[Zr]. The van der Waals surface area contributed by atoms with E-state index in [0.29, 0.717) is 0 Å². The summed E-state index contributed by atoms with van der Waals surface area (Å²) in [5.41, 5.74) is 0. The maximum atomic E-state index is 8.66. The minimum Gasteiger partial charge on any atom is -0.433 e. The Morgan fingerprint density at radius 1 is 0.550 bits per heavy atom. The van der Waals surface area contributed by atoms with E-state index in [2.05, 4.69) is 0 Å². The fourth-order valence-corrected chi connectivity index (χ4v) is 0. The molecule has 8 heteroatoms. The van der Waals surface area contributed by atoms with Gasteiger partial charge in [-0.2, -0.15) is 0 Å². The molecule has 0 atom stereocenters. The molecule has 0 rings (SSSR count). The molecule has 0 spiro atoms. The third-order valence-electron chi connectivity index (χ3n) is 0. The molecule has 0 aliphatic carbocycles. The van der Waals surface area contributed by atoms with Gasteiger partial charge in [0.2, 0.25) is 0 Å². The number of rotatable bonds is 0. The summed E-state index contributed by atoms with van der Waals surface area (Å²) in [5, 5.41) is 8.06. The molecule has 0 aromatic rings. The van der Waals surface area contributed by atoms with Crippen molar-refractivity contribution < 1.29 is 45.7 Å². The first-order valence-electron chi connectivity index (χ1n) is 6.58. The average molecular weight is 422 g/mol. The molecule has 0 aliphatic rings. The summed E-state index contributed by atoms with van der Waals surface area (Å²) in [7, 11) is -4.83. The van der Waals surface area contributed by atoms with Crippen LogP contribution in [0.15, 0.2) is 0 Å². The molecule has 0 saturated carbocycles. The van der Waals surface area contributed by atoms with Gasteiger partial charge in [0.25, 0.3) is 0 Å². The number of aliphatic hydroxyl groups excluding tert-OH is 1. The molecule has 0 heterocycles. The van der Waals surface area contributed by atoms with E-state index in [1.54, 1.807) is 13.8 Å². The first-order valence-corrected chi connectivity index (χ1v) is 16.9. The fourth-order valence-electron chi connectivity index (χ4n) is 0. The predicted octanol–water partition coefficient (Wildman–Crippen LogP) is 2.83. The standard InChI is InChI=1S/3C3H10OSi.C3H8O.Zr/c3*1-5(2,3)4;1-3(2)4;/h3*4H,1-3H3;3-4H,1-2H3;. The molecular weight excluding hydrogens is 384 g/mol. The largest absolute Gasteiger partial charge is 0.433 e. The van der Waals surface area contributed by atoms with Crippen molar-refractivity contribution in [1.82, 2.24) is 0 Å². The van der Waals surface area contributed by atoms with Crippen LogP contribution in [-0.2, 0) is 26.2 Å². The Hall–Kier alpha value is 1.37. The summed E-state index contributed by atoms with van der Waals surface area (Å²) < 4.78 is 0. The minimum atomic E-state index is -1.61. The van der Waals surface area contributed by atoms with Gasteiger partial charge in [0, 0.05) is 32.3 Å². The number of aliphatic hydroxyl groups is 1. The van der Waals surface area contributed by atoms with Gasteiger partial charge in [-0.15, -0.1) is 0 Å². The van der Waals surface area contributed by atoms with Gasteiger partial charge in [-0.1, -0.05) is 0 Å². The van der Waals surface area contributed by atoms with Gasteiger partial charge in [0.15, 0.2) is 25.0 Å². The third-order valence-corrected chi connectivity index (χ3v) is 0. The molecule has 0 amide bonds. The smallest absolute Gasteiger partial charge is 0.179 e. The minimum absolute atomic E-state index is 0. The Labute approximate surface area is 149 Å². The van der Waals surface area contributed by atoms with Crippen molar-refractivity contribution in [1.29, 1.82) is 0 Å². The first kappa shape index (κ1) is 33.1. The van der Waals surface area contributed by atoms with E-state index < -0.39 is 25.0 Å². The molecule has 4 N–H and O–H groups in total. The van der Waals surface area contributed by atoms with Gasteiger partial charge in [0.05, 0.1) is 0 Å². The third kappa shape index (κ3) is 3470. The maximum absolute atomic E-state index is 8.66. The van der Waals surface area contributed by atoms with Gasteiger partial charge in [-0.05, 0) is 72.8 Å². The average Bonchev–Trinajstić information content (AvgIpc) is 1.66. The summed E-state index contributed by atoms with van der Waals surface area (Å²) in [4.78, 5) is 26.0. The monoisotopic (exact) mass is 420 g/mol. The normalized spacial score (nSPS) is 10.8. The molecule has 126 valence electrons. The summed E-state index contributed by atoms with van der Waals surface area (Å²) in [6, 6.07) is 0. The van der Waals surface area contributed by atoms with Gasteiger partial charge >= 0.3 is 0 Å². The zero-order valence-corrected chi connectivity index (χ0v) is 20.8. The molecule has 0 fully saturated rings. The Balaban J connectivity index is -0.0000000494. The van der Waals surface area contributed by atoms with Crippen molar-refractivity contribution >= 4 is 25.0 Å². The van der Waals surface area contributed by atoms with Crippen molar-refractivity contribution in [3.05, 3.63) is 0 Å². The Morgan fingerprint density at radius 3 is 0.550 bits per heavy atom. The molecule has 0 radical (unpaired) electrons. The summed E-state index contributed by atoms with van der Waals surface area (Å²) >= 11 is 0. The van der Waals surface area contributed by atoms with Gasteiger partial charge < -0.3 is 19.5 Å². The predicted molar refractivity (Wildman–Crippen MR) is 94.0 cm³/mol. The van der Waals surface area contributed by atoms with E-state index in [1.165, 1.54) is 0 Å². The van der Waals surface area contributed by atoms with Gasteiger partial charge in [-0.3, -0.25) is 0 Å². The van der Waals surface area contributed by atoms with E-state index in [-0.39, 0.29) is 32.3 Å². The van der Waals surface area contributed by atoms with Crippen molar-refractivity contribution in [2.45, 2.75) is 78.9 Å². The second-order valence-corrected chi connectivity index (χ2v) is 20.6. The number of hydrogen-bond acceptors (Lipinski definition) is 4. The van der Waals surface area contributed by atoms with Crippen LogP contribution in [0.5, 0.6) is 0 Å². The van der Waals surface area contributed by atoms with Crippen LogP contribution in [-0.4, -0.2) is 50.5 Å². The first-order chi connectivity index (χ1) is 7.73. The molecule has 0 saturated heterocycles. The van der Waals surface area contributed by atoms with E-state index in [1.807, 2.05) is 58.9 Å². The molecule has 0 aromatic heterocycles. The fraction of sp³-hybridized carbons (Fsp3) is 1.00. The Kier molecular flexibility index (Phi) is 25.3. The van der Waals surface area contributed by atoms with E-state index in [4.69, 9.17) is 19.5 Å². The molecule has 0 aliphatic heterocycles. The molecule has 0 bridgehead atoms. The van der Waals surface area contributed by atoms with E-state index in [0.717, 1.165) is 0 Å². The Bertz CT molecular complexity index is 135. The van der Waals surface area contributed by atoms with Crippen molar-refractivity contribution in [2.75, 3.05) is 0 Å². The molecule has 4 nitrogen and oxygen atoms in total. The molecule has 0 aromatic carbocycles. The second-order valence-electron chi connectivity index (χ2n) is 7.61. The van der Waals surface area contributed by atoms with E-state index in [9.17, 15) is 0 Å². The van der Waals surface area contributed by atoms with Crippen LogP contribution in [0.2, 0.25) is 58.9 Å². The van der Waals surface area contributed by atoms with Crippen LogP contribution in [0.3, 0.4) is 0 Å². The van der Waals surface area contributed by atoms with Crippen LogP contribution >= 0.6 is 0 Å². The second kappa shape index (κ2) is 15.3. The van der Waals surface area contributed by atoms with Gasteiger partial charge in [-0.25, -0.2) is 0 Å². The van der Waals surface area contributed by atoms with E-state index >= 15 is 0 Å². The summed E-state index contributed by atoms with van der Waals surface area (Å²) in [5.74, 6) is 0. The summed E-state index contributed by atoms with van der Waals surface area (Å²) in [6.07, 6.45) is -0.167. The quantitative estimate of drug-likeness (QED) is 0.453. The zero-order valence-electron chi connectivity index (χ0n) is 15.4. The molecule has 20 heavy (non-hydrogen) atoms. The Morgan fingerprint density at radius 2 is 0.550 bits per heavy atom. The van der Waals surface area contributed by atoms with Crippen LogP contribution in [0.4, 0.5) is 0 Å². The van der Waals surface area contributed by atoms with Crippen molar-refractivity contribution in [2.24, 2.45) is 0 Å². The zero-order chi connectivity index (χ0) is 17.1. The number of hydrogen-bond donors (Lipinski definition) is 4. The summed E-state index contributed by atoms with van der Waals surface area (Å²) in [6.45, 7) is 20.4. The topological polar surface area (TPSA) is 80.9 Å².